The molecular weight excluding hydrogens is 160 g/mol. The van der Waals surface area contributed by atoms with Gasteiger partial charge in [-0.2, -0.15) is 0 Å². The molecule has 3 rings (SSSR count). The fourth-order valence-corrected chi connectivity index (χ4v) is 2.02. The summed E-state index contributed by atoms with van der Waals surface area (Å²) in [5, 5.41) is 8.27. The lowest BCUT2D eigenvalue weighted by Crippen LogP contribution is -2.46. The standard InChI is InChI=1S/C8H12O4/c9-8(10)11-4-5-1-6-3-7(2-5)12-6/h5-7H,1-4H2,(H,9,10). The molecule has 0 amide bonds. The Morgan fingerprint density at radius 1 is 1.42 bits per heavy atom. The summed E-state index contributed by atoms with van der Waals surface area (Å²) < 4.78 is 9.92. The van der Waals surface area contributed by atoms with Gasteiger partial charge in [0.05, 0.1) is 18.8 Å². The summed E-state index contributed by atoms with van der Waals surface area (Å²) in [6, 6.07) is 0. The highest BCUT2D eigenvalue weighted by Gasteiger charge is 2.39. The largest absolute Gasteiger partial charge is 0.505 e. The molecule has 1 N–H and O–H groups in total. The first-order chi connectivity index (χ1) is 5.74. The zero-order valence-corrected chi connectivity index (χ0v) is 6.73. The van der Waals surface area contributed by atoms with Gasteiger partial charge in [-0.05, 0) is 25.2 Å². The molecule has 1 saturated carbocycles. The van der Waals surface area contributed by atoms with Crippen molar-refractivity contribution in [2.45, 2.75) is 31.5 Å². The fraction of sp³-hybridized carbons (Fsp3) is 0.875. The van der Waals surface area contributed by atoms with Gasteiger partial charge >= 0.3 is 6.16 Å². The summed E-state index contributed by atoms with van der Waals surface area (Å²) in [6.45, 7) is 0.339. The van der Waals surface area contributed by atoms with Crippen LogP contribution in [0.15, 0.2) is 0 Å². The van der Waals surface area contributed by atoms with Crippen LogP contribution in [-0.2, 0) is 9.47 Å². The van der Waals surface area contributed by atoms with Crippen LogP contribution in [0.1, 0.15) is 19.3 Å². The van der Waals surface area contributed by atoms with E-state index in [4.69, 9.17) is 9.84 Å². The summed E-state index contributed by atoms with van der Waals surface area (Å²) in [5.74, 6) is 0.388. The molecule has 2 unspecified atom stereocenters. The Hall–Kier alpha value is -0.770. The SMILES string of the molecule is O=C(O)OCC1CC2CC(C1)O2. The monoisotopic (exact) mass is 172 g/mol. The van der Waals surface area contributed by atoms with E-state index in [1.54, 1.807) is 0 Å². The highest BCUT2D eigenvalue weighted by molar-refractivity contribution is 5.56. The van der Waals surface area contributed by atoms with Crippen LogP contribution in [0, 0.1) is 5.92 Å². The van der Waals surface area contributed by atoms with Crippen molar-refractivity contribution in [3.05, 3.63) is 0 Å². The molecule has 2 bridgehead atoms. The third-order valence-electron chi connectivity index (χ3n) is 2.55. The average Bonchev–Trinajstić information content (AvgIpc) is 2.00. The molecule has 2 saturated heterocycles. The Kier molecular flexibility index (Phi) is 1.92. The molecule has 3 fully saturated rings. The normalized spacial score (nSPS) is 38.5. The molecule has 0 radical (unpaired) electrons. The number of hydrogen-bond donors (Lipinski definition) is 1. The maximum Gasteiger partial charge on any atom is 0.505 e. The quantitative estimate of drug-likeness (QED) is 0.637. The van der Waals surface area contributed by atoms with Crippen LogP contribution in [-0.4, -0.2) is 30.1 Å². The summed E-state index contributed by atoms with van der Waals surface area (Å²) in [5.41, 5.74) is 0. The summed E-state index contributed by atoms with van der Waals surface area (Å²) in [7, 11) is 0. The molecule has 68 valence electrons. The number of hydrogen-bond acceptors (Lipinski definition) is 3. The van der Waals surface area contributed by atoms with E-state index in [0.717, 1.165) is 19.3 Å². The van der Waals surface area contributed by atoms with Crippen LogP contribution in [0.2, 0.25) is 0 Å². The maximum atomic E-state index is 10.1. The van der Waals surface area contributed by atoms with Crippen LogP contribution >= 0.6 is 0 Å². The lowest BCUT2D eigenvalue weighted by Gasteiger charge is -2.44. The van der Waals surface area contributed by atoms with Crippen LogP contribution in [0.4, 0.5) is 4.79 Å². The third-order valence-corrected chi connectivity index (χ3v) is 2.55. The van der Waals surface area contributed by atoms with Crippen molar-refractivity contribution in [1.82, 2.24) is 0 Å². The van der Waals surface area contributed by atoms with Crippen molar-refractivity contribution in [1.29, 1.82) is 0 Å². The van der Waals surface area contributed by atoms with E-state index in [2.05, 4.69) is 4.74 Å². The predicted octanol–water partition coefficient (Wildman–Crippen LogP) is 1.25. The van der Waals surface area contributed by atoms with Crippen LogP contribution < -0.4 is 0 Å². The van der Waals surface area contributed by atoms with Gasteiger partial charge in [0, 0.05) is 0 Å². The first-order valence-electron chi connectivity index (χ1n) is 4.25. The zero-order valence-electron chi connectivity index (χ0n) is 6.73. The number of carboxylic acid groups (broad SMARTS) is 1. The second kappa shape index (κ2) is 2.94. The van der Waals surface area contributed by atoms with Gasteiger partial charge < -0.3 is 14.6 Å². The minimum atomic E-state index is -1.17. The Balaban J connectivity index is 1.72. The highest BCUT2D eigenvalue weighted by atomic mass is 16.7. The second-order valence-corrected chi connectivity index (χ2v) is 3.53. The molecule has 0 aromatic heterocycles. The molecule has 12 heavy (non-hydrogen) atoms. The molecule has 0 aromatic carbocycles. The molecular formula is C8H12O4. The van der Waals surface area contributed by atoms with Gasteiger partial charge in [-0.1, -0.05) is 0 Å². The molecule has 4 heteroatoms. The van der Waals surface area contributed by atoms with E-state index < -0.39 is 6.16 Å². The van der Waals surface area contributed by atoms with Gasteiger partial charge in [0.1, 0.15) is 0 Å². The van der Waals surface area contributed by atoms with Crippen molar-refractivity contribution < 1.29 is 19.4 Å². The van der Waals surface area contributed by atoms with E-state index in [9.17, 15) is 4.79 Å². The van der Waals surface area contributed by atoms with Gasteiger partial charge in [0.2, 0.25) is 0 Å². The second-order valence-electron chi connectivity index (χ2n) is 3.53. The third kappa shape index (κ3) is 1.53. The van der Waals surface area contributed by atoms with E-state index in [-0.39, 0.29) is 0 Å². The van der Waals surface area contributed by atoms with Gasteiger partial charge in [-0.25, -0.2) is 4.79 Å². The summed E-state index contributed by atoms with van der Waals surface area (Å²) in [6.07, 6.45) is 2.67. The Morgan fingerprint density at radius 3 is 2.50 bits per heavy atom. The van der Waals surface area contributed by atoms with Crippen LogP contribution in [0.5, 0.6) is 0 Å². The summed E-state index contributed by atoms with van der Waals surface area (Å²) in [4.78, 5) is 10.1. The topological polar surface area (TPSA) is 55.8 Å². The Morgan fingerprint density at radius 2 is 2.00 bits per heavy atom. The number of carbonyl (C=O) groups is 1. The van der Waals surface area contributed by atoms with Crippen LogP contribution in [0.25, 0.3) is 0 Å². The molecule has 0 aromatic rings. The lowest BCUT2D eigenvalue weighted by atomic mass is 9.81. The molecule has 2 aliphatic heterocycles. The van der Waals surface area contributed by atoms with Gasteiger partial charge in [-0.3, -0.25) is 0 Å². The maximum absolute atomic E-state index is 10.1. The van der Waals surface area contributed by atoms with Crippen molar-refractivity contribution in [3.63, 3.8) is 0 Å². The van der Waals surface area contributed by atoms with Crippen molar-refractivity contribution in [3.8, 4) is 0 Å². The molecule has 2 atom stereocenters. The van der Waals surface area contributed by atoms with E-state index in [1.165, 1.54) is 0 Å². The van der Waals surface area contributed by atoms with Crippen molar-refractivity contribution in [2.75, 3.05) is 6.61 Å². The van der Waals surface area contributed by atoms with Gasteiger partial charge in [-0.15, -0.1) is 0 Å². The molecule has 0 spiro atoms. The van der Waals surface area contributed by atoms with Crippen LogP contribution in [0.3, 0.4) is 0 Å². The minimum Gasteiger partial charge on any atom is -0.450 e. The van der Waals surface area contributed by atoms with E-state index >= 15 is 0 Å². The smallest absolute Gasteiger partial charge is 0.450 e. The first-order valence-corrected chi connectivity index (χ1v) is 4.25. The number of ether oxygens (including phenoxy) is 2. The zero-order chi connectivity index (χ0) is 8.55. The predicted molar refractivity (Wildman–Crippen MR) is 40.0 cm³/mol. The molecule has 4 nitrogen and oxygen atoms in total. The van der Waals surface area contributed by atoms with E-state index in [1.807, 2.05) is 0 Å². The minimum absolute atomic E-state index is 0.339. The van der Waals surface area contributed by atoms with Gasteiger partial charge in [0.15, 0.2) is 0 Å². The Bertz CT molecular complexity index is 175. The molecule has 3 aliphatic rings. The fourth-order valence-electron chi connectivity index (χ4n) is 2.02. The molecule has 2 heterocycles. The average molecular weight is 172 g/mol. The highest BCUT2D eigenvalue weighted by Crippen LogP contribution is 2.38. The number of fused-ring (bicyclic) bond motifs is 2. The van der Waals surface area contributed by atoms with Crippen molar-refractivity contribution in [2.24, 2.45) is 5.92 Å². The summed E-state index contributed by atoms with van der Waals surface area (Å²) >= 11 is 0. The van der Waals surface area contributed by atoms with E-state index in [0.29, 0.717) is 24.7 Å². The lowest BCUT2D eigenvalue weighted by molar-refractivity contribution is -0.177. The number of rotatable bonds is 2. The Labute approximate surface area is 70.5 Å². The van der Waals surface area contributed by atoms with Crippen molar-refractivity contribution >= 4 is 6.16 Å². The molecule has 1 aliphatic carbocycles. The first kappa shape index (κ1) is 7.86. The van der Waals surface area contributed by atoms with Gasteiger partial charge in [0.25, 0.3) is 0 Å².